The molecule has 0 amide bonds. The first-order valence-corrected chi connectivity index (χ1v) is 6.35. The van der Waals surface area contributed by atoms with Crippen molar-refractivity contribution < 1.29 is 13.5 Å². The number of para-hydroxylation sites is 1. The fourth-order valence-corrected chi connectivity index (χ4v) is 1.99. The van der Waals surface area contributed by atoms with Gasteiger partial charge in [-0.1, -0.05) is 24.3 Å². The van der Waals surface area contributed by atoms with E-state index in [4.69, 9.17) is 4.74 Å². The minimum absolute atomic E-state index is 0.376. The topological polar surface area (TPSA) is 45.0 Å². The molecule has 2 rings (SSSR count). The quantitative estimate of drug-likeness (QED) is 0.918. The summed E-state index contributed by atoms with van der Waals surface area (Å²) in [6.07, 6.45) is 0. The lowest BCUT2D eigenvalue weighted by atomic mass is 10.1. The average Bonchev–Trinajstić information content (AvgIpc) is 2.51. The van der Waals surface area contributed by atoms with Crippen molar-refractivity contribution in [2.45, 2.75) is 12.6 Å². The second-order valence-electron chi connectivity index (χ2n) is 4.43. The van der Waals surface area contributed by atoms with Gasteiger partial charge < -0.3 is 4.74 Å². The summed E-state index contributed by atoms with van der Waals surface area (Å²) in [5.74, 6) is -1.20. The molecule has 0 saturated heterocycles. The van der Waals surface area contributed by atoms with E-state index in [1.54, 1.807) is 7.11 Å². The van der Waals surface area contributed by atoms with Crippen LogP contribution >= 0.6 is 0 Å². The first kappa shape index (κ1) is 14.9. The number of rotatable bonds is 5. The maximum absolute atomic E-state index is 13.2. The maximum Gasteiger partial charge on any atom is 0.159 e. The molecule has 0 aliphatic rings. The zero-order chi connectivity index (χ0) is 15.2. The fraction of sp³-hybridized carbons (Fsp3) is 0.188. The van der Waals surface area contributed by atoms with Crippen LogP contribution in [-0.4, -0.2) is 7.11 Å². The van der Waals surface area contributed by atoms with E-state index in [0.29, 0.717) is 17.9 Å². The number of nitrogens with zero attached hydrogens (tertiary/aromatic N) is 1. The number of hydrogen-bond acceptors (Lipinski definition) is 3. The molecule has 21 heavy (non-hydrogen) atoms. The summed E-state index contributed by atoms with van der Waals surface area (Å²) in [5, 5.41) is 12.2. The molecule has 0 heterocycles. The predicted molar refractivity (Wildman–Crippen MR) is 74.5 cm³/mol. The Hall–Kier alpha value is -2.45. The van der Waals surface area contributed by atoms with Crippen LogP contribution < -0.4 is 10.1 Å². The van der Waals surface area contributed by atoms with Crippen molar-refractivity contribution in [2.75, 3.05) is 7.11 Å². The number of nitrogens with one attached hydrogen (secondary N) is 1. The van der Waals surface area contributed by atoms with Crippen molar-refractivity contribution in [1.29, 1.82) is 5.26 Å². The Morgan fingerprint density at radius 1 is 1.19 bits per heavy atom. The summed E-state index contributed by atoms with van der Waals surface area (Å²) in [5.41, 5.74) is 1.26. The first-order valence-electron chi connectivity index (χ1n) is 6.35. The Balaban J connectivity index is 2.13. The Kier molecular flexibility index (Phi) is 4.85. The largest absolute Gasteiger partial charge is 0.496 e. The minimum Gasteiger partial charge on any atom is -0.496 e. The molecule has 2 aromatic rings. The second-order valence-corrected chi connectivity index (χ2v) is 4.43. The van der Waals surface area contributed by atoms with Gasteiger partial charge in [0.2, 0.25) is 0 Å². The van der Waals surface area contributed by atoms with Crippen LogP contribution in [0.4, 0.5) is 8.78 Å². The van der Waals surface area contributed by atoms with Gasteiger partial charge in [-0.2, -0.15) is 5.26 Å². The third-order valence-corrected chi connectivity index (χ3v) is 3.10. The molecule has 0 aliphatic heterocycles. The molecule has 5 heteroatoms. The third-order valence-electron chi connectivity index (χ3n) is 3.10. The standard InChI is InChI=1S/C16H14F2N2O/c1-21-16-5-3-2-4-12(16)10-20-15(9-19)11-6-7-13(17)14(18)8-11/h2-8,15,20H,10H2,1H3. The number of benzene rings is 2. The predicted octanol–water partition coefficient (Wildman–Crippen LogP) is 3.33. The van der Waals surface area contributed by atoms with Crippen molar-refractivity contribution in [2.24, 2.45) is 0 Å². The lowest BCUT2D eigenvalue weighted by Crippen LogP contribution is -2.20. The molecule has 0 fully saturated rings. The number of nitriles is 1. The van der Waals surface area contributed by atoms with Gasteiger partial charge in [-0.3, -0.25) is 5.32 Å². The van der Waals surface area contributed by atoms with Crippen LogP contribution in [0.2, 0.25) is 0 Å². The summed E-state index contributed by atoms with van der Waals surface area (Å²) in [7, 11) is 1.57. The van der Waals surface area contributed by atoms with E-state index < -0.39 is 17.7 Å². The average molecular weight is 288 g/mol. The molecule has 0 saturated carbocycles. The Labute approximate surface area is 121 Å². The summed E-state index contributed by atoms with van der Waals surface area (Å²) in [6.45, 7) is 0.376. The third kappa shape index (κ3) is 3.56. The zero-order valence-electron chi connectivity index (χ0n) is 11.4. The highest BCUT2D eigenvalue weighted by Crippen LogP contribution is 2.20. The molecular weight excluding hydrogens is 274 g/mol. The van der Waals surface area contributed by atoms with Gasteiger partial charge in [0.1, 0.15) is 11.8 Å². The SMILES string of the molecule is COc1ccccc1CNC(C#N)c1ccc(F)c(F)c1. The van der Waals surface area contributed by atoms with Crippen LogP contribution in [-0.2, 0) is 6.54 Å². The maximum atomic E-state index is 13.2. The van der Waals surface area contributed by atoms with Crippen molar-refractivity contribution in [1.82, 2.24) is 5.32 Å². The summed E-state index contributed by atoms with van der Waals surface area (Å²) >= 11 is 0. The van der Waals surface area contributed by atoms with Gasteiger partial charge in [-0.15, -0.1) is 0 Å². The van der Waals surface area contributed by atoms with Crippen LogP contribution in [0.15, 0.2) is 42.5 Å². The van der Waals surface area contributed by atoms with E-state index in [1.165, 1.54) is 6.07 Å². The molecule has 0 spiro atoms. The van der Waals surface area contributed by atoms with Crippen molar-refractivity contribution in [3.05, 3.63) is 65.2 Å². The number of halogens is 2. The Bertz CT molecular complexity index is 668. The molecule has 0 bridgehead atoms. The highest BCUT2D eigenvalue weighted by molar-refractivity contribution is 5.33. The van der Waals surface area contributed by atoms with Crippen molar-refractivity contribution in [3.63, 3.8) is 0 Å². The summed E-state index contributed by atoms with van der Waals surface area (Å²) in [4.78, 5) is 0. The van der Waals surface area contributed by atoms with E-state index in [1.807, 2.05) is 30.3 Å². The van der Waals surface area contributed by atoms with Crippen LogP contribution in [0.3, 0.4) is 0 Å². The monoisotopic (exact) mass is 288 g/mol. The van der Waals surface area contributed by atoms with Crippen LogP contribution in [0, 0.1) is 23.0 Å². The fourth-order valence-electron chi connectivity index (χ4n) is 1.99. The highest BCUT2D eigenvalue weighted by Gasteiger charge is 2.13. The molecule has 1 N–H and O–H groups in total. The Morgan fingerprint density at radius 3 is 2.62 bits per heavy atom. The van der Waals surface area contributed by atoms with Crippen LogP contribution in [0.25, 0.3) is 0 Å². The number of methoxy groups -OCH3 is 1. The normalized spacial score (nSPS) is 11.7. The molecule has 0 aromatic heterocycles. The lowest BCUT2D eigenvalue weighted by molar-refractivity contribution is 0.407. The summed E-state index contributed by atoms with van der Waals surface area (Å²) < 4.78 is 31.4. The number of ether oxygens (including phenoxy) is 1. The molecule has 3 nitrogen and oxygen atoms in total. The molecule has 2 aromatic carbocycles. The van der Waals surface area contributed by atoms with Gasteiger partial charge in [-0.05, 0) is 23.8 Å². The minimum atomic E-state index is -0.966. The highest BCUT2D eigenvalue weighted by atomic mass is 19.2. The van der Waals surface area contributed by atoms with E-state index in [2.05, 4.69) is 5.32 Å². The van der Waals surface area contributed by atoms with Gasteiger partial charge in [0.15, 0.2) is 11.6 Å². The van der Waals surface area contributed by atoms with Gasteiger partial charge >= 0.3 is 0 Å². The van der Waals surface area contributed by atoms with Crippen LogP contribution in [0.1, 0.15) is 17.2 Å². The van der Waals surface area contributed by atoms with Gasteiger partial charge in [0.05, 0.1) is 13.2 Å². The smallest absolute Gasteiger partial charge is 0.159 e. The van der Waals surface area contributed by atoms with Gasteiger partial charge in [0.25, 0.3) is 0 Å². The molecule has 0 radical (unpaired) electrons. The molecular formula is C16H14F2N2O. The second kappa shape index (κ2) is 6.82. The van der Waals surface area contributed by atoms with E-state index in [0.717, 1.165) is 17.7 Å². The van der Waals surface area contributed by atoms with Gasteiger partial charge in [-0.25, -0.2) is 8.78 Å². The van der Waals surface area contributed by atoms with Gasteiger partial charge in [0, 0.05) is 12.1 Å². The summed E-state index contributed by atoms with van der Waals surface area (Å²) in [6, 6.07) is 12.1. The molecule has 1 unspecified atom stereocenters. The van der Waals surface area contributed by atoms with E-state index in [9.17, 15) is 14.0 Å². The molecule has 1 atom stereocenters. The molecule has 0 aliphatic carbocycles. The van der Waals surface area contributed by atoms with E-state index in [-0.39, 0.29) is 0 Å². The number of hydrogen-bond donors (Lipinski definition) is 1. The van der Waals surface area contributed by atoms with Crippen LogP contribution in [0.5, 0.6) is 5.75 Å². The van der Waals surface area contributed by atoms with Crippen molar-refractivity contribution >= 4 is 0 Å². The Morgan fingerprint density at radius 2 is 1.95 bits per heavy atom. The van der Waals surface area contributed by atoms with E-state index >= 15 is 0 Å². The lowest BCUT2D eigenvalue weighted by Gasteiger charge is -2.14. The zero-order valence-corrected chi connectivity index (χ0v) is 11.4. The van der Waals surface area contributed by atoms with Crippen molar-refractivity contribution in [3.8, 4) is 11.8 Å². The first-order chi connectivity index (χ1) is 10.2. The molecule has 108 valence electrons.